The summed E-state index contributed by atoms with van der Waals surface area (Å²) < 4.78 is 5.83. The van der Waals surface area contributed by atoms with Crippen LogP contribution in [-0.4, -0.2) is 19.2 Å². The molecule has 0 aromatic heterocycles. The summed E-state index contributed by atoms with van der Waals surface area (Å²) in [5, 5.41) is 3.82. The summed E-state index contributed by atoms with van der Waals surface area (Å²) in [6, 6.07) is 9.30. The topological polar surface area (TPSA) is 21.3 Å². The molecule has 1 fully saturated rings. The van der Waals surface area contributed by atoms with Gasteiger partial charge < -0.3 is 10.1 Å². The Bertz CT molecular complexity index is 439. The molecule has 0 saturated heterocycles. The molecule has 1 aliphatic carbocycles. The molecule has 1 aromatic carbocycles. The first-order valence-corrected chi connectivity index (χ1v) is 8.83. The first-order chi connectivity index (χ1) is 10.4. The molecule has 2 nitrogen and oxygen atoms in total. The summed E-state index contributed by atoms with van der Waals surface area (Å²) >= 11 is 0. The van der Waals surface area contributed by atoms with Crippen LogP contribution in [0, 0.1) is 5.92 Å². The van der Waals surface area contributed by atoms with Crippen LogP contribution in [0.1, 0.15) is 63.4 Å². The SMILES string of the molecule is CCCNC(CCC1COc2ccccc21)C1CCCC1. The zero-order chi connectivity index (χ0) is 14.5. The van der Waals surface area contributed by atoms with Crippen LogP contribution in [0.5, 0.6) is 5.75 Å². The number of benzene rings is 1. The molecular formula is C19H29NO. The second-order valence-corrected chi connectivity index (χ2v) is 6.73. The fourth-order valence-electron chi connectivity index (χ4n) is 4.04. The van der Waals surface area contributed by atoms with Crippen molar-refractivity contribution in [2.24, 2.45) is 5.92 Å². The average Bonchev–Trinajstić information content (AvgIpc) is 3.17. The van der Waals surface area contributed by atoms with Crippen molar-refractivity contribution in [1.29, 1.82) is 0 Å². The average molecular weight is 287 g/mol. The van der Waals surface area contributed by atoms with Crippen LogP contribution in [-0.2, 0) is 0 Å². The van der Waals surface area contributed by atoms with Gasteiger partial charge in [-0.3, -0.25) is 0 Å². The monoisotopic (exact) mass is 287 g/mol. The van der Waals surface area contributed by atoms with Crippen molar-refractivity contribution in [2.75, 3.05) is 13.2 Å². The Morgan fingerprint density at radius 3 is 2.86 bits per heavy atom. The van der Waals surface area contributed by atoms with Gasteiger partial charge in [0, 0.05) is 17.5 Å². The van der Waals surface area contributed by atoms with Gasteiger partial charge >= 0.3 is 0 Å². The first kappa shape index (κ1) is 14.9. The maximum atomic E-state index is 5.83. The van der Waals surface area contributed by atoms with Gasteiger partial charge in [-0.1, -0.05) is 38.0 Å². The van der Waals surface area contributed by atoms with Crippen LogP contribution in [0.25, 0.3) is 0 Å². The van der Waals surface area contributed by atoms with E-state index in [1.807, 2.05) is 0 Å². The van der Waals surface area contributed by atoms with Crippen LogP contribution < -0.4 is 10.1 Å². The second-order valence-electron chi connectivity index (χ2n) is 6.73. The Kier molecular flexibility index (Phi) is 5.18. The quantitative estimate of drug-likeness (QED) is 0.797. The van der Waals surface area contributed by atoms with Gasteiger partial charge in [-0.05, 0) is 50.6 Å². The Labute approximate surface area is 129 Å². The molecule has 3 rings (SSSR count). The lowest BCUT2D eigenvalue weighted by Crippen LogP contribution is -2.36. The summed E-state index contributed by atoms with van der Waals surface area (Å²) in [5.41, 5.74) is 1.43. The minimum Gasteiger partial charge on any atom is -0.493 e. The lowest BCUT2D eigenvalue weighted by atomic mass is 9.88. The molecular weight excluding hydrogens is 258 g/mol. The van der Waals surface area contributed by atoms with E-state index in [9.17, 15) is 0 Å². The van der Waals surface area contributed by atoms with E-state index in [4.69, 9.17) is 4.74 Å². The molecule has 1 aliphatic heterocycles. The summed E-state index contributed by atoms with van der Waals surface area (Å²) in [6.45, 7) is 4.31. The number of hydrogen-bond donors (Lipinski definition) is 1. The van der Waals surface area contributed by atoms with Crippen molar-refractivity contribution in [2.45, 2.75) is 63.8 Å². The van der Waals surface area contributed by atoms with Crippen molar-refractivity contribution < 1.29 is 4.74 Å². The maximum absolute atomic E-state index is 5.83. The lowest BCUT2D eigenvalue weighted by molar-refractivity contribution is 0.294. The van der Waals surface area contributed by atoms with E-state index in [2.05, 4.69) is 36.5 Å². The summed E-state index contributed by atoms with van der Waals surface area (Å²) in [6.07, 6.45) is 9.52. The van der Waals surface area contributed by atoms with E-state index in [-0.39, 0.29) is 0 Å². The van der Waals surface area contributed by atoms with Crippen LogP contribution >= 0.6 is 0 Å². The first-order valence-electron chi connectivity index (χ1n) is 8.83. The van der Waals surface area contributed by atoms with Crippen LogP contribution in [0.4, 0.5) is 0 Å². The highest BCUT2D eigenvalue weighted by molar-refractivity contribution is 5.39. The van der Waals surface area contributed by atoms with Gasteiger partial charge in [0.15, 0.2) is 0 Å². The van der Waals surface area contributed by atoms with E-state index in [1.165, 1.54) is 57.1 Å². The number of hydrogen-bond acceptors (Lipinski definition) is 2. The van der Waals surface area contributed by atoms with Crippen molar-refractivity contribution >= 4 is 0 Å². The van der Waals surface area contributed by atoms with Gasteiger partial charge in [-0.15, -0.1) is 0 Å². The van der Waals surface area contributed by atoms with E-state index < -0.39 is 0 Å². The predicted molar refractivity (Wildman–Crippen MR) is 88.0 cm³/mol. The van der Waals surface area contributed by atoms with E-state index in [0.29, 0.717) is 5.92 Å². The zero-order valence-electron chi connectivity index (χ0n) is 13.3. The Hall–Kier alpha value is -1.02. The summed E-state index contributed by atoms with van der Waals surface area (Å²) in [4.78, 5) is 0. The molecule has 1 aromatic rings. The van der Waals surface area contributed by atoms with Gasteiger partial charge in [0.05, 0.1) is 6.61 Å². The smallest absolute Gasteiger partial charge is 0.122 e. The van der Waals surface area contributed by atoms with Gasteiger partial charge in [0.2, 0.25) is 0 Å². The number of fused-ring (bicyclic) bond motifs is 1. The third kappa shape index (κ3) is 3.60. The second kappa shape index (κ2) is 7.31. The highest BCUT2D eigenvalue weighted by Gasteiger charge is 2.28. The third-order valence-electron chi connectivity index (χ3n) is 5.25. The number of para-hydroxylation sites is 1. The van der Waals surface area contributed by atoms with Crippen molar-refractivity contribution in [3.63, 3.8) is 0 Å². The van der Waals surface area contributed by atoms with Gasteiger partial charge in [-0.2, -0.15) is 0 Å². The molecule has 0 amide bonds. The molecule has 1 saturated carbocycles. The molecule has 116 valence electrons. The van der Waals surface area contributed by atoms with Gasteiger partial charge in [0.1, 0.15) is 5.75 Å². The molecule has 2 unspecified atom stereocenters. The van der Waals surface area contributed by atoms with Crippen molar-refractivity contribution in [1.82, 2.24) is 5.32 Å². The standard InChI is InChI=1S/C19H29NO/c1-2-13-20-18(15-7-3-4-8-15)12-11-16-14-21-19-10-6-5-9-17(16)19/h5-6,9-10,15-16,18,20H,2-4,7-8,11-14H2,1H3. The van der Waals surface area contributed by atoms with E-state index in [0.717, 1.165) is 24.3 Å². The summed E-state index contributed by atoms with van der Waals surface area (Å²) in [7, 11) is 0. The summed E-state index contributed by atoms with van der Waals surface area (Å²) in [5.74, 6) is 2.63. The van der Waals surface area contributed by atoms with Gasteiger partial charge in [-0.25, -0.2) is 0 Å². The molecule has 0 bridgehead atoms. The van der Waals surface area contributed by atoms with E-state index in [1.54, 1.807) is 0 Å². The maximum Gasteiger partial charge on any atom is 0.122 e. The Morgan fingerprint density at radius 1 is 1.24 bits per heavy atom. The normalized spacial score (nSPS) is 23.0. The van der Waals surface area contributed by atoms with Crippen molar-refractivity contribution in [3.05, 3.63) is 29.8 Å². The fraction of sp³-hybridized carbons (Fsp3) is 0.684. The molecule has 2 atom stereocenters. The molecule has 0 radical (unpaired) electrons. The van der Waals surface area contributed by atoms with E-state index >= 15 is 0 Å². The highest BCUT2D eigenvalue weighted by Crippen LogP contribution is 2.38. The number of nitrogens with one attached hydrogen (secondary N) is 1. The Balaban J connectivity index is 1.56. The zero-order valence-corrected chi connectivity index (χ0v) is 13.3. The third-order valence-corrected chi connectivity index (χ3v) is 5.25. The molecule has 1 heterocycles. The molecule has 2 heteroatoms. The molecule has 2 aliphatic rings. The minimum atomic E-state index is 0.605. The minimum absolute atomic E-state index is 0.605. The van der Waals surface area contributed by atoms with Crippen LogP contribution in [0.2, 0.25) is 0 Å². The Morgan fingerprint density at radius 2 is 2.05 bits per heavy atom. The van der Waals surface area contributed by atoms with Crippen LogP contribution in [0.3, 0.4) is 0 Å². The molecule has 1 N–H and O–H groups in total. The highest BCUT2D eigenvalue weighted by atomic mass is 16.5. The molecule has 21 heavy (non-hydrogen) atoms. The van der Waals surface area contributed by atoms with Crippen LogP contribution in [0.15, 0.2) is 24.3 Å². The lowest BCUT2D eigenvalue weighted by Gasteiger charge is -2.26. The molecule has 0 spiro atoms. The fourth-order valence-corrected chi connectivity index (χ4v) is 4.04. The van der Waals surface area contributed by atoms with Gasteiger partial charge in [0.25, 0.3) is 0 Å². The van der Waals surface area contributed by atoms with Crippen molar-refractivity contribution in [3.8, 4) is 5.75 Å². The number of ether oxygens (including phenoxy) is 1. The predicted octanol–water partition coefficient (Wildman–Crippen LogP) is 4.50. The largest absolute Gasteiger partial charge is 0.493 e. The number of rotatable bonds is 7.